The number of hydrogen-bond acceptors (Lipinski definition) is 3. The van der Waals surface area contributed by atoms with E-state index >= 15 is 0 Å². The Hall–Kier alpha value is -2.55. The number of benzene rings is 1. The number of Topliss-reactive ketones (excluding diaryl/α,β-unsaturated/α-hetero) is 1. The molecule has 1 aromatic carbocycles. The average molecular weight is 292 g/mol. The summed E-state index contributed by atoms with van der Waals surface area (Å²) in [5.74, 6) is 0.0587. The van der Waals surface area contributed by atoms with Gasteiger partial charge >= 0.3 is 0 Å². The zero-order chi connectivity index (χ0) is 15.5. The lowest BCUT2D eigenvalue weighted by atomic mass is 10.0. The second kappa shape index (κ2) is 6.06. The van der Waals surface area contributed by atoms with Gasteiger partial charge in [-0.1, -0.05) is 24.3 Å². The van der Waals surface area contributed by atoms with Crippen LogP contribution < -0.4 is 4.90 Å². The Morgan fingerprint density at radius 3 is 2.68 bits per heavy atom. The van der Waals surface area contributed by atoms with E-state index in [0.29, 0.717) is 5.57 Å². The first kappa shape index (κ1) is 14.4. The Bertz CT molecular complexity index is 708. The smallest absolute Gasteiger partial charge is 0.196 e. The van der Waals surface area contributed by atoms with Crippen LogP contribution in [0.3, 0.4) is 0 Å². The lowest BCUT2D eigenvalue weighted by Gasteiger charge is -2.24. The Morgan fingerprint density at radius 2 is 1.95 bits per heavy atom. The first-order valence-electron chi connectivity index (χ1n) is 7.53. The van der Waals surface area contributed by atoms with Crippen molar-refractivity contribution in [3.05, 3.63) is 77.8 Å². The third kappa shape index (κ3) is 2.75. The minimum absolute atomic E-state index is 0.0587. The molecule has 3 rings (SSSR count). The van der Waals surface area contributed by atoms with Crippen molar-refractivity contribution in [3.63, 3.8) is 0 Å². The molecule has 0 amide bonds. The molecule has 1 aromatic rings. The summed E-state index contributed by atoms with van der Waals surface area (Å²) in [6.07, 6.45) is 14.4. The quantitative estimate of drug-likeness (QED) is 0.773. The topological polar surface area (TPSA) is 23.6 Å². The van der Waals surface area contributed by atoms with E-state index in [2.05, 4.69) is 23.1 Å². The summed E-state index contributed by atoms with van der Waals surface area (Å²) in [6.45, 7) is 0. The average Bonchev–Trinajstić information content (AvgIpc) is 2.66. The van der Waals surface area contributed by atoms with E-state index < -0.39 is 0 Å². The summed E-state index contributed by atoms with van der Waals surface area (Å²) in [4.78, 5) is 16.8. The van der Waals surface area contributed by atoms with Crippen LogP contribution in [0.4, 0.5) is 5.69 Å². The zero-order valence-corrected chi connectivity index (χ0v) is 13.0. The van der Waals surface area contributed by atoms with Gasteiger partial charge in [-0.25, -0.2) is 0 Å². The minimum atomic E-state index is 0.0587. The molecule has 0 radical (unpaired) electrons. The molecule has 3 heteroatoms. The fraction of sp³-hybridized carbons (Fsp3) is 0.211. The summed E-state index contributed by atoms with van der Waals surface area (Å²) in [7, 11) is 3.85. The Morgan fingerprint density at radius 1 is 1.14 bits per heavy atom. The maximum absolute atomic E-state index is 12.8. The van der Waals surface area contributed by atoms with Gasteiger partial charge in [-0.05, 0) is 37.1 Å². The predicted octanol–water partition coefficient (Wildman–Crippen LogP) is 3.88. The number of hydrogen-bond donors (Lipinski definition) is 0. The maximum Gasteiger partial charge on any atom is 0.196 e. The number of rotatable bonds is 2. The molecule has 0 aromatic heterocycles. The molecule has 112 valence electrons. The zero-order valence-electron chi connectivity index (χ0n) is 13.0. The number of carbonyl (C=O) groups is 1. The van der Waals surface area contributed by atoms with Crippen molar-refractivity contribution in [2.24, 2.45) is 0 Å². The van der Waals surface area contributed by atoms with Crippen LogP contribution in [-0.4, -0.2) is 24.8 Å². The molecule has 0 spiro atoms. The van der Waals surface area contributed by atoms with Crippen LogP contribution in [0, 0.1) is 0 Å². The van der Waals surface area contributed by atoms with Crippen molar-refractivity contribution < 1.29 is 4.79 Å². The van der Waals surface area contributed by atoms with Gasteiger partial charge in [-0.2, -0.15) is 0 Å². The molecule has 0 saturated heterocycles. The maximum atomic E-state index is 12.8. The number of allylic oxidation sites excluding steroid dienone is 5. The van der Waals surface area contributed by atoms with Gasteiger partial charge in [0, 0.05) is 43.3 Å². The lowest BCUT2D eigenvalue weighted by molar-refractivity contribution is 0.103. The molecule has 2 aliphatic rings. The second-order valence-corrected chi connectivity index (χ2v) is 5.69. The van der Waals surface area contributed by atoms with E-state index in [0.717, 1.165) is 29.8 Å². The van der Waals surface area contributed by atoms with E-state index in [1.54, 1.807) is 0 Å². The number of ketones is 1. The summed E-state index contributed by atoms with van der Waals surface area (Å²) in [6, 6.07) is 7.78. The van der Waals surface area contributed by atoms with Crippen molar-refractivity contribution in [3.8, 4) is 0 Å². The van der Waals surface area contributed by atoms with Crippen molar-refractivity contribution in [2.45, 2.75) is 12.8 Å². The number of nitrogens with zero attached hydrogens (tertiary/aromatic N) is 2. The first-order valence-corrected chi connectivity index (χ1v) is 7.53. The summed E-state index contributed by atoms with van der Waals surface area (Å²) < 4.78 is 0. The molecule has 0 atom stereocenters. The Balaban J connectivity index is 2.12. The highest BCUT2D eigenvalue weighted by molar-refractivity contribution is 6.14. The molecular weight excluding hydrogens is 272 g/mol. The van der Waals surface area contributed by atoms with E-state index in [4.69, 9.17) is 0 Å². The van der Waals surface area contributed by atoms with E-state index in [1.807, 2.05) is 61.7 Å². The van der Waals surface area contributed by atoms with E-state index in [-0.39, 0.29) is 5.78 Å². The molecule has 0 saturated carbocycles. The van der Waals surface area contributed by atoms with Crippen molar-refractivity contribution in [2.75, 3.05) is 19.0 Å². The van der Waals surface area contributed by atoms with Crippen molar-refractivity contribution in [1.29, 1.82) is 0 Å². The van der Waals surface area contributed by atoms with Crippen LogP contribution in [-0.2, 0) is 0 Å². The monoisotopic (exact) mass is 292 g/mol. The van der Waals surface area contributed by atoms with Crippen LogP contribution >= 0.6 is 0 Å². The number of fused-ring (bicyclic) bond motifs is 1. The third-order valence-electron chi connectivity index (χ3n) is 3.72. The second-order valence-electron chi connectivity index (χ2n) is 5.69. The van der Waals surface area contributed by atoms with Gasteiger partial charge in [0.1, 0.15) is 0 Å². The van der Waals surface area contributed by atoms with Crippen molar-refractivity contribution in [1.82, 2.24) is 4.90 Å². The van der Waals surface area contributed by atoms with Gasteiger partial charge in [0.15, 0.2) is 5.78 Å². The minimum Gasteiger partial charge on any atom is -0.383 e. The van der Waals surface area contributed by atoms with Gasteiger partial charge in [0.2, 0.25) is 0 Å². The lowest BCUT2D eigenvalue weighted by Crippen LogP contribution is -2.16. The van der Waals surface area contributed by atoms with Crippen LogP contribution in [0.5, 0.6) is 0 Å². The molecule has 1 heterocycles. The predicted molar refractivity (Wildman–Crippen MR) is 90.6 cm³/mol. The number of para-hydroxylation sites is 1. The molecule has 1 aliphatic carbocycles. The highest BCUT2D eigenvalue weighted by atomic mass is 16.1. The molecule has 0 N–H and O–H groups in total. The van der Waals surface area contributed by atoms with Gasteiger partial charge in [0.25, 0.3) is 0 Å². The van der Waals surface area contributed by atoms with E-state index in [1.165, 1.54) is 0 Å². The Labute approximate surface area is 131 Å². The van der Waals surface area contributed by atoms with Crippen LogP contribution in [0.15, 0.2) is 72.2 Å². The highest BCUT2D eigenvalue weighted by Crippen LogP contribution is 2.31. The number of carbonyl (C=O) groups excluding carboxylic acids is 1. The van der Waals surface area contributed by atoms with Crippen LogP contribution in [0.1, 0.15) is 23.2 Å². The normalized spacial score (nSPS) is 19.0. The fourth-order valence-corrected chi connectivity index (χ4v) is 2.73. The first-order chi connectivity index (χ1) is 10.7. The van der Waals surface area contributed by atoms with Gasteiger partial charge in [-0.3, -0.25) is 4.79 Å². The third-order valence-corrected chi connectivity index (χ3v) is 3.72. The van der Waals surface area contributed by atoms with Crippen molar-refractivity contribution >= 4 is 11.5 Å². The molecule has 3 nitrogen and oxygen atoms in total. The molecular formula is C19H20N2O. The fourth-order valence-electron chi connectivity index (χ4n) is 2.73. The largest absolute Gasteiger partial charge is 0.383 e. The van der Waals surface area contributed by atoms with Crippen LogP contribution in [0.2, 0.25) is 0 Å². The highest BCUT2D eigenvalue weighted by Gasteiger charge is 2.22. The summed E-state index contributed by atoms with van der Waals surface area (Å²) in [5, 5.41) is 0. The number of anilines is 1. The molecule has 22 heavy (non-hydrogen) atoms. The summed E-state index contributed by atoms with van der Waals surface area (Å²) in [5.41, 5.74) is 3.48. The standard InChI is InChI=1S/C19H20N2O/c1-20(2)14-15-12-13-21(16-8-4-3-5-9-16)18-11-7-6-10-17(18)19(15)22/h4,6-14H,3,5H2,1-2H3. The molecule has 0 fully saturated rings. The van der Waals surface area contributed by atoms with Gasteiger partial charge in [0.05, 0.1) is 5.69 Å². The van der Waals surface area contributed by atoms with Gasteiger partial charge in [-0.15, -0.1) is 0 Å². The molecule has 0 unspecified atom stereocenters. The van der Waals surface area contributed by atoms with Gasteiger partial charge < -0.3 is 9.80 Å². The SMILES string of the molecule is CN(C)C=C1C=CN(C2=CCCC=C2)c2ccccc2C1=O. The molecule has 0 bridgehead atoms. The van der Waals surface area contributed by atoms with Crippen LogP contribution in [0.25, 0.3) is 0 Å². The Kier molecular flexibility index (Phi) is 3.96. The summed E-state index contributed by atoms with van der Waals surface area (Å²) >= 11 is 0. The van der Waals surface area contributed by atoms with E-state index in [9.17, 15) is 4.79 Å². The molecule has 1 aliphatic heterocycles.